The molecule has 0 fully saturated rings. The molecular weight excluding hydrogens is 1220 g/mol. The summed E-state index contributed by atoms with van der Waals surface area (Å²) in [5, 5.41) is 11.9. The second-order valence-corrected chi connectivity index (χ2v) is 30.4. The van der Waals surface area contributed by atoms with Gasteiger partial charge in [-0.1, -0.05) is 401 Å². The van der Waals surface area contributed by atoms with E-state index in [1.807, 2.05) is 21.1 Å². The summed E-state index contributed by atoms with van der Waals surface area (Å²) >= 11 is 0. The number of hydrogen-bond acceptors (Lipinski definition) is 8. The van der Waals surface area contributed by atoms with Crippen molar-refractivity contribution in [3.63, 3.8) is 0 Å². The largest absolute Gasteiger partial charge is 0.545 e. The Morgan fingerprint density at radius 3 is 0.869 bits per heavy atom. The van der Waals surface area contributed by atoms with Gasteiger partial charge >= 0.3 is 11.9 Å². The fourth-order valence-corrected chi connectivity index (χ4v) is 12.9. The quantitative estimate of drug-likeness (QED) is 0.0195. The Labute approximate surface area is 615 Å². The molecule has 9 heteroatoms. The summed E-state index contributed by atoms with van der Waals surface area (Å²) in [5.74, 6) is -2.25. The fourth-order valence-electron chi connectivity index (χ4n) is 12.9. The first-order valence-electron chi connectivity index (χ1n) is 43.1. The molecule has 99 heavy (non-hydrogen) atoms. The lowest BCUT2D eigenvalue weighted by molar-refractivity contribution is -0.870. The van der Waals surface area contributed by atoms with Gasteiger partial charge in [-0.3, -0.25) is 9.59 Å². The van der Waals surface area contributed by atoms with Crippen LogP contribution >= 0.6 is 0 Å². The monoisotopic (exact) mass is 1390 g/mol. The number of quaternary nitrogens is 1. The third-order valence-electron chi connectivity index (χ3n) is 19.4. The summed E-state index contributed by atoms with van der Waals surface area (Å²) in [7, 11) is 5.95. The molecule has 0 radical (unpaired) electrons. The van der Waals surface area contributed by atoms with Gasteiger partial charge in [0, 0.05) is 12.8 Å². The van der Waals surface area contributed by atoms with E-state index in [1.165, 1.54) is 327 Å². The van der Waals surface area contributed by atoms with Crippen LogP contribution in [0.3, 0.4) is 0 Å². The van der Waals surface area contributed by atoms with Crippen molar-refractivity contribution in [3.8, 4) is 0 Å². The number of carbonyl (C=O) groups is 3. The third kappa shape index (κ3) is 81.9. The summed E-state index contributed by atoms with van der Waals surface area (Å²) in [6, 6.07) is 0. The van der Waals surface area contributed by atoms with Crippen molar-refractivity contribution >= 4 is 17.9 Å². The average molecular weight is 1390 g/mol. The number of allylic oxidation sites excluding steroid dienone is 12. The highest BCUT2D eigenvalue weighted by Gasteiger charge is 2.22. The van der Waals surface area contributed by atoms with Gasteiger partial charge in [-0.25, -0.2) is 0 Å². The predicted octanol–water partition coefficient (Wildman–Crippen LogP) is 26.6. The molecule has 9 nitrogen and oxygen atoms in total. The summed E-state index contributed by atoms with van der Waals surface area (Å²) < 4.78 is 22.9. The molecule has 0 aliphatic carbocycles. The van der Waals surface area contributed by atoms with Crippen LogP contribution in [0.15, 0.2) is 72.9 Å². The van der Waals surface area contributed by atoms with Crippen LogP contribution in [0.5, 0.6) is 0 Å². The number of ether oxygens (including phenoxy) is 4. The zero-order valence-electron chi connectivity index (χ0n) is 66.4. The Morgan fingerprint density at radius 1 is 0.313 bits per heavy atom. The number of hydrogen-bond donors (Lipinski definition) is 0. The number of esters is 2. The van der Waals surface area contributed by atoms with Gasteiger partial charge in [0.1, 0.15) is 13.2 Å². The Kier molecular flexibility index (Phi) is 77.8. The summed E-state index contributed by atoms with van der Waals surface area (Å²) in [6.07, 6.45) is 106. The molecule has 0 amide bonds. The van der Waals surface area contributed by atoms with Crippen LogP contribution < -0.4 is 5.11 Å². The highest BCUT2D eigenvalue weighted by molar-refractivity contribution is 5.70. The van der Waals surface area contributed by atoms with Crippen molar-refractivity contribution in [1.29, 1.82) is 0 Å². The van der Waals surface area contributed by atoms with Gasteiger partial charge in [-0.2, -0.15) is 0 Å². The van der Waals surface area contributed by atoms with Crippen LogP contribution in [0.25, 0.3) is 0 Å². The highest BCUT2D eigenvalue weighted by atomic mass is 16.7. The van der Waals surface area contributed by atoms with Crippen molar-refractivity contribution in [2.24, 2.45) is 0 Å². The van der Waals surface area contributed by atoms with E-state index in [-0.39, 0.29) is 32.2 Å². The van der Waals surface area contributed by atoms with E-state index in [4.69, 9.17) is 18.9 Å². The maximum Gasteiger partial charge on any atom is 0.306 e. The smallest absolute Gasteiger partial charge is 0.306 e. The van der Waals surface area contributed by atoms with E-state index in [1.54, 1.807) is 0 Å². The maximum atomic E-state index is 13.0. The lowest BCUT2D eigenvalue weighted by Crippen LogP contribution is -2.44. The third-order valence-corrected chi connectivity index (χ3v) is 19.4. The zero-order valence-corrected chi connectivity index (χ0v) is 66.4. The molecule has 2 atom stereocenters. The van der Waals surface area contributed by atoms with Crippen LogP contribution in [0.1, 0.15) is 425 Å². The van der Waals surface area contributed by atoms with Gasteiger partial charge in [0.2, 0.25) is 0 Å². The standard InChI is InChI=1S/C90H165NO8/c1-6-8-10-12-14-16-18-20-22-24-26-28-30-32-34-36-38-40-41-42-43-44-45-46-47-49-51-53-55-57-59-61-63-65-67-69-71-73-75-77-79-81-88(93)99-86(85-98-90(89(94)95)96-83-82-91(3,4)5)84-97-87(92)80-78-76-74-72-70-68-66-64-62-60-58-56-54-52-50-48-39-37-35-33-31-29-27-25-23-21-19-17-15-13-11-9-7-2/h8,10,14,16,20,22,25-28,32,34,86,90H,6-7,9,11-13,15,17-19,21,23-24,29-31,33,35-85H2,1-5H3/b10-8-,16-14-,22-20-,27-25-,28-26-,34-32-. The van der Waals surface area contributed by atoms with E-state index in [0.29, 0.717) is 17.4 Å². The van der Waals surface area contributed by atoms with Gasteiger partial charge in [0.15, 0.2) is 12.4 Å². The molecule has 0 N–H and O–H groups in total. The van der Waals surface area contributed by atoms with Crippen molar-refractivity contribution in [1.82, 2.24) is 0 Å². The molecule has 0 saturated heterocycles. The van der Waals surface area contributed by atoms with E-state index < -0.39 is 24.3 Å². The first kappa shape index (κ1) is 95.7. The predicted molar refractivity (Wildman–Crippen MR) is 426 cm³/mol. The molecule has 0 spiro atoms. The van der Waals surface area contributed by atoms with Gasteiger partial charge in [0.05, 0.1) is 40.3 Å². The maximum absolute atomic E-state index is 13.0. The van der Waals surface area contributed by atoms with Crippen LogP contribution in [-0.4, -0.2) is 82.3 Å². The number of unbranched alkanes of at least 4 members (excludes halogenated alkanes) is 54. The number of aliphatic carboxylic acids is 1. The van der Waals surface area contributed by atoms with Gasteiger partial charge < -0.3 is 33.3 Å². The number of carboxylic acid groups (broad SMARTS) is 1. The lowest BCUT2D eigenvalue weighted by atomic mass is 10.0. The Hall–Kier alpha value is -3.27. The molecular formula is C90H165NO8. The molecule has 0 aliphatic heterocycles. The molecule has 0 aliphatic rings. The Morgan fingerprint density at radius 2 is 0.576 bits per heavy atom. The minimum atomic E-state index is -1.62. The number of likely N-dealkylation sites (N-methyl/N-ethyl adjacent to an activating group) is 1. The first-order valence-corrected chi connectivity index (χ1v) is 43.1. The lowest BCUT2D eigenvalue weighted by Gasteiger charge is -2.26. The molecule has 0 bridgehead atoms. The van der Waals surface area contributed by atoms with Crippen molar-refractivity contribution in [3.05, 3.63) is 72.9 Å². The van der Waals surface area contributed by atoms with Gasteiger partial charge in [0.25, 0.3) is 0 Å². The number of carboxylic acids is 1. The molecule has 0 heterocycles. The number of nitrogens with zero attached hydrogens (tertiary/aromatic N) is 1. The van der Waals surface area contributed by atoms with E-state index in [0.717, 1.165) is 70.6 Å². The van der Waals surface area contributed by atoms with Crippen LogP contribution in [0.2, 0.25) is 0 Å². The molecule has 2 unspecified atom stereocenters. The zero-order chi connectivity index (χ0) is 71.8. The molecule has 0 aromatic heterocycles. The minimum Gasteiger partial charge on any atom is -0.545 e. The van der Waals surface area contributed by atoms with Crippen LogP contribution in [0.4, 0.5) is 0 Å². The summed E-state index contributed by atoms with van der Waals surface area (Å²) in [4.78, 5) is 37.7. The molecule has 0 saturated carbocycles. The molecule has 0 rings (SSSR count). The van der Waals surface area contributed by atoms with Gasteiger partial charge in [-0.05, 0) is 83.5 Å². The van der Waals surface area contributed by atoms with Gasteiger partial charge in [-0.15, -0.1) is 0 Å². The topological polar surface area (TPSA) is 111 Å². The Balaban J connectivity index is 3.92. The SMILES string of the molecule is CC/C=C\C/C=C\C/C=C\C/C=C\C/C=C\CCCCCCCCCCCCCCCCCCCCCCCCCCCC(=O)OC(COC(=O)CCCCCCCCCCCCCCCCCCCCCCC/C=C\CCCCCCCCCC)COC(OCC[N+](C)(C)C)C(=O)[O-]. The second-order valence-electron chi connectivity index (χ2n) is 30.4. The summed E-state index contributed by atoms with van der Waals surface area (Å²) in [5.41, 5.74) is 0. The van der Waals surface area contributed by atoms with Crippen LogP contribution in [-0.2, 0) is 33.3 Å². The van der Waals surface area contributed by atoms with E-state index >= 15 is 0 Å². The fraction of sp³-hybridized carbons (Fsp3) is 0.833. The van der Waals surface area contributed by atoms with Crippen molar-refractivity contribution < 1.29 is 42.9 Å². The Bertz CT molecular complexity index is 1860. The molecule has 578 valence electrons. The molecule has 0 aromatic carbocycles. The average Bonchev–Trinajstić information content (AvgIpc) is 2.62. The molecule has 0 aromatic rings. The first-order chi connectivity index (χ1) is 48.6. The normalized spacial score (nSPS) is 12.9. The van der Waals surface area contributed by atoms with E-state index in [2.05, 4.69) is 86.8 Å². The van der Waals surface area contributed by atoms with Crippen LogP contribution in [0, 0.1) is 0 Å². The summed E-state index contributed by atoms with van der Waals surface area (Å²) in [6.45, 7) is 4.71. The second kappa shape index (κ2) is 80.4. The van der Waals surface area contributed by atoms with E-state index in [9.17, 15) is 19.5 Å². The number of carbonyl (C=O) groups excluding carboxylic acids is 3. The van der Waals surface area contributed by atoms with Crippen molar-refractivity contribution in [2.75, 3.05) is 47.5 Å². The van der Waals surface area contributed by atoms with Crippen molar-refractivity contribution in [2.45, 2.75) is 437 Å². The minimum absolute atomic E-state index is 0.150. The number of rotatable bonds is 81. The highest BCUT2D eigenvalue weighted by Crippen LogP contribution is 2.20.